The molecule has 2 fully saturated rings. The second-order valence-electron chi connectivity index (χ2n) is 8.40. The Kier molecular flexibility index (Phi) is 8.15. The maximum absolute atomic E-state index is 10.8. The zero-order valence-corrected chi connectivity index (χ0v) is 17.9. The highest BCUT2D eigenvalue weighted by Gasteiger charge is 2.26. The second-order valence-corrected chi connectivity index (χ2v) is 8.40. The van der Waals surface area contributed by atoms with Gasteiger partial charge in [0.2, 0.25) is 0 Å². The summed E-state index contributed by atoms with van der Waals surface area (Å²) in [5.74, 6) is 1.38. The molecule has 0 aromatic heterocycles. The number of guanidine groups is 1. The van der Waals surface area contributed by atoms with Crippen LogP contribution in [-0.4, -0.2) is 87.1 Å². The summed E-state index contributed by atoms with van der Waals surface area (Å²) in [6, 6.07) is 10.6. The number of rotatable bonds is 8. The average Bonchev–Trinajstić information content (AvgIpc) is 3.20. The van der Waals surface area contributed by atoms with Gasteiger partial charge in [0.1, 0.15) is 0 Å². The molecule has 7 heteroatoms. The lowest BCUT2D eigenvalue weighted by Crippen LogP contribution is -2.48. The number of morpholine rings is 1. The first-order chi connectivity index (χ1) is 14.1. The third-order valence-corrected chi connectivity index (χ3v) is 5.56. The van der Waals surface area contributed by atoms with Gasteiger partial charge in [0.05, 0.1) is 25.4 Å². The number of hydrogen-bond donors (Lipinski definition) is 3. The summed E-state index contributed by atoms with van der Waals surface area (Å²) in [5, 5.41) is 17.6. The number of β-amino-alcohol motifs (C(OH)–C–C–N with tert-alkyl or cyclic N) is 1. The van der Waals surface area contributed by atoms with Crippen LogP contribution < -0.4 is 15.5 Å². The van der Waals surface area contributed by atoms with E-state index in [-0.39, 0.29) is 0 Å². The Morgan fingerprint density at radius 3 is 2.69 bits per heavy atom. The zero-order chi connectivity index (χ0) is 20.5. The fraction of sp³-hybridized carbons (Fsp3) is 0.682. The molecule has 162 valence electrons. The van der Waals surface area contributed by atoms with Gasteiger partial charge in [0.15, 0.2) is 5.96 Å². The molecule has 0 aliphatic carbocycles. The van der Waals surface area contributed by atoms with Crippen molar-refractivity contribution in [3.8, 4) is 0 Å². The van der Waals surface area contributed by atoms with Crippen LogP contribution in [-0.2, 0) is 4.74 Å². The van der Waals surface area contributed by atoms with Gasteiger partial charge >= 0.3 is 0 Å². The van der Waals surface area contributed by atoms with Crippen LogP contribution in [0.4, 0.5) is 5.69 Å². The van der Waals surface area contributed by atoms with Crippen LogP contribution in [0.5, 0.6) is 0 Å². The van der Waals surface area contributed by atoms with Gasteiger partial charge in [-0.25, -0.2) is 0 Å². The molecule has 3 N–H and O–H groups in total. The minimum atomic E-state index is -0.850. The number of nitrogens with zero attached hydrogens (tertiary/aromatic N) is 3. The SMILES string of the molecule is CCNC(=NCC(C)(O)CN1CCOCC1)NCC1CCN(c2ccccc2)C1. The van der Waals surface area contributed by atoms with Crippen molar-refractivity contribution >= 4 is 11.6 Å². The zero-order valence-electron chi connectivity index (χ0n) is 17.9. The van der Waals surface area contributed by atoms with Gasteiger partial charge in [-0.2, -0.15) is 0 Å². The highest BCUT2D eigenvalue weighted by molar-refractivity contribution is 5.79. The number of anilines is 1. The summed E-state index contributed by atoms with van der Waals surface area (Å²) in [4.78, 5) is 9.36. The van der Waals surface area contributed by atoms with Gasteiger partial charge in [-0.1, -0.05) is 18.2 Å². The van der Waals surface area contributed by atoms with Crippen molar-refractivity contribution in [3.05, 3.63) is 30.3 Å². The second kappa shape index (κ2) is 10.8. The van der Waals surface area contributed by atoms with E-state index in [1.165, 1.54) is 12.1 Å². The Morgan fingerprint density at radius 2 is 1.97 bits per heavy atom. The first-order valence-corrected chi connectivity index (χ1v) is 10.9. The van der Waals surface area contributed by atoms with Crippen molar-refractivity contribution in [3.63, 3.8) is 0 Å². The molecule has 2 aliphatic heterocycles. The molecule has 29 heavy (non-hydrogen) atoms. The van der Waals surface area contributed by atoms with Gasteiger partial charge in [0, 0.05) is 51.5 Å². The molecular formula is C22H37N5O2. The molecule has 0 saturated carbocycles. The summed E-state index contributed by atoms with van der Waals surface area (Å²) < 4.78 is 5.39. The Hall–Kier alpha value is -1.83. The van der Waals surface area contributed by atoms with Crippen molar-refractivity contribution in [1.29, 1.82) is 0 Å². The largest absolute Gasteiger partial charge is 0.387 e. The molecule has 0 radical (unpaired) electrons. The number of ether oxygens (including phenoxy) is 1. The molecule has 2 unspecified atom stereocenters. The van der Waals surface area contributed by atoms with Gasteiger partial charge in [-0.05, 0) is 38.3 Å². The molecule has 2 aliphatic rings. The van der Waals surface area contributed by atoms with Crippen LogP contribution in [0.25, 0.3) is 0 Å². The van der Waals surface area contributed by atoms with E-state index in [9.17, 15) is 5.11 Å². The van der Waals surface area contributed by atoms with E-state index in [1.807, 2.05) is 6.92 Å². The molecule has 0 bridgehead atoms. The highest BCUT2D eigenvalue weighted by atomic mass is 16.5. The van der Waals surface area contributed by atoms with Crippen molar-refractivity contribution < 1.29 is 9.84 Å². The molecule has 2 heterocycles. The van der Waals surface area contributed by atoms with Crippen LogP contribution in [0.15, 0.2) is 35.3 Å². The van der Waals surface area contributed by atoms with Gasteiger partial charge in [-0.3, -0.25) is 9.89 Å². The van der Waals surface area contributed by atoms with Crippen LogP contribution in [0.2, 0.25) is 0 Å². The maximum atomic E-state index is 10.8. The fourth-order valence-electron chi connectivity index (χ4n) is 4.00. The van der Waals surface area contributed by atoms with E-state index >= 15 is 0 Å². The highest BCUT2D eigenvalue weighted by Crippen LogP contribution is 2.22. The van der Waals surface area contributed by atoms with Gasteiger partial charge < -0.3 is 25.4 Å². The quantitative estimate of drug-likeness (QED) is 0.447. The van der Waals surface area contributed by atoms with Crippen LogP contribution in [0, 0.1) is 5.92 Å². The Labute approximate surface area is 175 Å². The number of para-hydroxylation sites is 1. The van der Waals surface area contributed by atoms with Crippen molar-refractivity contribution in [2.45, 2.75) is 25.9 Å². The molecule has 1 aromatic rings. The van der Waals surface area contributed by atoms with E-state index in [2.05, 4.69) is 62.7 Å². The minimum absolute atomic E-state index is 0.375. The Bertz CT molecular complexity index is 631. The maximum Gasteiger partial charge on any atom is 0.191 e. The normalized spacial score (nSPS) is 23.1. The Morgan fingerprint density at radius 1 is 1.21 bits per heavy atom. The lowest BCUT2D eigenvalue weighted by atomic mass is 10.1. The molecular weight excluding hydrogens is 366 g/mol. The predicted octanol–water partition coefficient (Wildman–Crippen LogP) is 1.15. The molecule has 2 saturated heterocycles. The number of benzene rings is 1. The van der Waals surface area contributed by atoms with Crippen LogP contribution in [0.1, 0.15) is 20.3 Å². The lowest BCUT2D eigenvalue weighted by Gasteiger charge is -2.33. The molecule has 7 nitrogen and oxygen atoms in total. The van der Waals surface area contributed by atoms with E-state index in [4.69, 9.17) is 4.74 Å². The smallest absolute Gasteiger partial charge is 0.191 e. The minimum Gasteiger partial charge on any atom is -0.387 e. The molecule has 0 amide bonds. The number of aliphatic imine (C=N–C) groups is 1. The third-order valence-electron chi connectivity index (χ3n) is 5.56. The van der Waals surface area contributed by atoms with E-state index in [0.717, 1.165) is 58.4 Å². The first kappa shape index (κ1) is 21.9. The number of hydrogen-bond acceptors (Lipinski definition) is 5. The predicted molar refractivity (Wildman–Crippen MR) is 119 cm³/mol. The molecule has 0 spiro atoms. The Balaban J connectivity index is 1.46. The first-order valence-electron chi connectivity index (χ1n) is 10.9. The lowest BCUT2D eigenvalue weighted by molar-refractivity contribution is -0.0180. The third kappa shape index (κ3) is 7.17. The standard InChI is InChI=1S/C22H37N5O2/c1-3-23-21(25-17-22(2,28)18-26-11-13-29-14-12-26)24-15-19-9-10-27(16-19)20-7-5-4-6-8-20/h4-8,19,28H,3,9-18H2,1-2H3,(H2,23,24,25). The molecule has 3 rings (SSSR count). The van der Waals surface area contributed by atoms with Crippen molar-refractivity contribution in [1.82, 2.24) is 15.5 Å². The van der Waals surface area contributed by atoms with E-state index < -0.39 is 5.60 Å². The average molecular weight is 404 g/mol. The van der Waals surface area contributed by atoms with Crippen molar-refractivity contribution in [2.24, 2.45) is 10.9 Å². The molecule has 2 atom stereocenters. The topological polar surface area (TPSA) is 72.4 Å². The summed E-state index contributed by atoms with van der Waals surface area (Å²) >= 11 is 0. The summed E-state index contributed by atoms with van der Waals surface area (Å²) in [6.07, 6.45) is 1.18. The van der Waals surface area contributed by atoms with Crippen molar-refractivity contribution in [2.75, 3.05) is 70.5 Å². The van der Waals surface area contributed by atoms with E-state index in [1.54, 1.807) is 0 Å². The summed E-state index contributed by atoms with van der Waals surface area (Å²) in [6.45, 7) is 12.0. The van der Waals surface area contributed by atoms with Crippen LogP contribution in [0.3, 0.4) is 0 Å². The molecule has 1 aromatic carbocycles. The van der Waals surface area contributed by atoms with Gasteiger partial charge in [-0.15, -0.1) is 0 Å². The van der Waals surface area contributed by atoms with Crippen LogP contribution >= 0.6 is 0 Å². The van der Waals surface area contributed by atoms with E-state index in [0.29, 0.717) is 19.0 Å². The number of aliphatic hydroxyl groups is 1. The summed E-state index contributed by atoms with van der Waals surface area (Å²) in [7, 11) is 0. The van der Waals surface area contributed by atoms with Gasteiger partial charge in [0.25, 0.3) is 0 Å². The summed E-state index contributed by atoms with van der Waals surface area (Å²) in [5.41, 5.74) is 0.451. The monoisotopic (exact) mass is 403 g/mol. The number of nitrogens with one attached hydrogen (secondary N) is 2. The fourth-order valence-corrected chi connectivity index (χ4v) is 4.00.